The molecule has 5 heteroatoms. The second kappa shape index (κ2) is 6.23. The molecule has 0 aromatic heterocycles. The number of ether oxygens (including phenoxy) is 2. The lowest BCUT2D eigenvalue weighted by Crippen LogP contribution is -2.40. The molecule has 5 nitrogen and oxygen atoms in total. The van der Waals surface area contributed by atoms with Gasteiger partial charge in [0.15, 0.2) is 0 Å². The van der Waals surface area contributed by atoms with Gasteiger partial charge < -0.3 is 14.4 Å². The van der Waals surface area contributed by atoms with Gasteiger partial charge in [0.05, 0.1) is 25.2 Å². The van der Waals surface area contributed by atoms with E-state index in [9.17, 15) is 9.59 Å². The predicted molar refractivity (Wildman–Crippen MR) is 97.7 cm³/mol. The first-order valence-electron chi connectivity index (χ1n) is 9.40. The third kappa shape index (κ3) is 2.49. The van der Waals surface area contributed by atoms with Crippen LogP contribution in [0.5, 0.6) is 0 Å². The minimum absolute atomic E-state index is 0.0377. The number of benzene rings is 1. The molecule has 1 spiro atoms. The number of fused-ring (bicyclic) bond motifs is 1. The van der Waals surface area contributed by atoms with E-state index >= 15 is 0 Å². The largest absolute Gasteiger partial charge is 0.465 e. The van der Waals surface area contributed by atoms with Crippen molar-refractivity contribution in [1.82, 2.24) is 0 Å². The van der Waals surface area contributed by atoms with Crippen LogP contribution in [0.3, 0.4) is 0 Å². The summed E-state index contributed by atoms with van der Waals surface area (Å²) >= 11 is 0. The molecule has 0 radical (unpaired) electrons. The Bertz CT molecular complexity index is 771. The fourth-order valence-electron chi connectivity index (χ4n) is 4.39. The van der Waals surface area contributed by atoms with Gasteiger partial charge in [-0.05, 0) is 24.0 Å². The van der Waals surface area contributed by atoms with Gasteiger partial charge in [-0.25, -0.2) is 0 Å². The van der Waals surface area contributed by atoms with Crippen LogP contribution in [-0.4, -0.2) is 36.7 Å². The van der Waals surface area contributed by atoms with Crippen LogP contribution in [0.4, 0.5) is 5.69 Å². The first-order valence-corrected chi connectivity index (χ1v) is 9.40. The highest BCUT2D eigenvalue weighted by atomic mass is 16.6. The van der Waals surface area contributed by atoms with Crippen molar-refractivity contribution in [2.24, 2.45) is 17.8 Å². The van der Waals surface area contributed by atoms with Crippen LogP contribution in [0.2, 0.25) is 0 Å². The minimum atomic E-state index is -0.704. The molecule has 2 saturated heterocycles. The maximum atomic E-state index is 13.3. The standard InChI is InChI=1S/C21H25NO4/c1-4-14-7-5-6-8-15(14)22-12-21-10-9-16(26-21)17(18(21)19(22)23)20(24)25-11-13(2)3/h5-10,13,16-18H,4,11-12H2,1-3H3/t16-,17+,18-,21+/m0/s1. The van der Waals surface area contributed by atoms with Crippen molar-refractivity contribution in [3.8, 4) is 0 Å². The van der Waals surface area contributed by atoms with E-state index in [1.54, 1.807) is 4.90 Å². The van der Waals surface area contributed by atoms with Crippen LogP contribution in [0.15, 0.2) is 36.4 Å². The van der Waals surface area contributed by atoms with Crippen LogP contribution >= 0.6 is 0 Å². The number of amides is 1. The van der Waals surface area contributed by atoms with Crippen molar-refractivity contribution in [2.45, 2.75) is 38.9 Å². The van der Waals surface area contributed by atoms with Gasteiger partial charge >= 0.3 is 5.97 Å². The maximum absolute atomic E-state index is 13.3. The second-order valence-electron chi connectivity index (χ2n) is 7.83. The zero-order valence-corrected chi connectivity index (χ0v) is 15.5. The highest BCUT2D eigenvalue weighted by Gasteiger charge is 2.67. The van der Waals surface area contributed by atoms with E-state index < -0.39 is 17.4 Å². The van der Waals surface area contributed by atoms with Crippen LogP contribution in [0, 0.1) is 17.8 Å². The Balaban J connectivity index is 1.64. The van der Waals surface area contributed by atoms with Gasteiger partial charge in [0.2, 0.25) is 5.91 Å². The van der Waals surface area contributed by atoms with Gasteiger partial charge in [-0.1, -0.05) is 51.1 Å². The van der Waals surface area contributed by atoms with E-state index in [1.807, 2.05) is 50.3 Å². The van der Waals surface area contributed by atoms with Crippen molar-refractivity contribution in [3.05, 3.63) is 42.0 Å². The summed E-state index contributed by atoms with van der Waals surface area (Å²) in [6.45, 7) is 6.88. The molecule has 4 rings (SSSR count). The van der Waals surface area contributed by atoms with Crippen molar-refractivity contribution in [2.75, 3.05) is 18.1 Å². The Hall–Kier alpha value is -2.14. The van der Waals surface area contributed by atoms with Crippen molar-refractivity contribution < 1.29 is 19.1 Å². The summed E-state index contributed by atoms with van der Waals surface area (Å²) in [5.41, 5.74) is 1.33. The predicted octanol–water partition coefficient (Wildman–Crippen LogP) is 2.73. The van der Waals surface area contributed by atoms with Crippen molar-refractivity contribution in [3.63, 3.8) is 0 Å². The fourth-order valence-corrected chi connectivity index (χ4v) is 4.39. The number of rotatable bonds is 5. The van der Waals surface area contributed by atoms with Crippen molar-refractivity contribution >= 4 is 17.6 Å². The van der Waals surface area contributed by atoms with Crippen LogP contribution in [-0.2, 0) is 25.5 Å². The summed E-state index contributed by atoms with van der Waals surface area (Å²) in [5, 5.41) is 0. The molecule has 138 valence electrons. The summed E-state index contributed by atoms with van der Waals surface area (Å²) < 4.78 is 11.6. The zero-order chi connectivity index (χ0) is 18.5. The Kier molecular flexibility index (Phi) is 4.14. The lowest BCUT2D eigenvalue weighted by atomic mass is 9.77. The number of nitrogens with zero attached hydrogens (tertiary/aromatic N) is 1. The molecule has 26 heavy (non-hydrogen) atoms. The highest BCUT2D eigenvalue weighted by Crippen LogP contribution is 2.53. The normalized spacial score (nSPS) is 31.8. The number of hydrogen-bond donors (Lipinski definition) is 0. The SMILES string of the molecule is CCc1ccccc1N1C[C@@]23C=C[C@H](O2)[C@@H](C(=O)OCC(C)C)[C@H]3C1=O. The average molecular weight is 355 g/mol. The summed E-state index contributed by atoms with van der Waals surface area (Å²) in [7, 11) is 0. The van der Waals surface area contributed by atoms with Crippen LogP contribution < -0.4 is 4.90 Å². The van der Waals surface area contributed by atoms with Crippen LogP contribution in [0.25, 0.3) is 0 Å². The van der Waals surface area contributed by atoms with Gasteiger partial charge in [0.1, 0.15) is 11.5 Å². The molecular weight excluding hydrogens is 330 g/mol. The quantitative estimate of drug-likeness (QED) is 0.602. The molecular formula is C21H25NO4. The van der Waals surface area contributed by atoms with E-state index in [0.717, 1.165) is 17.7 Å². The number of aryl methyl sites for hydroxylation is 1. The summed E-state index contributed by atoms with van der Waals surface area (Å²) in [6, 6.07) is 7.93. The Morgan fingerprint density at radius 1 is 1.38 bits per heavy atom. The molecule has 1 aromatic rings. The molecule has 0 saturated carbocycles. The Morgan fingerprint density at radius 2 is 2.15 bits per heavy atom. The molecule has 3 aliphatic heterocycles. The van der Waals surface area contributed by atoms with E-state index in [1.165, 1.54) is 0 Å². The third-order valence-corrected chi connectivity index (χ3v) is 5.59. The fraction of sp³-hybridized carbons (Fsp3) is 0.524. The molecule has 2 bridgehead atoms. The molecule has 3 aliphatic rings. The second-order valence-corrected chi connectivity index (χ2v) is 7.83. The molecule has 3 heterocycles. The molecule has 4 atom stereocenters. The van der Waals surface area contributed by atoms with Gasteiger partial charge in [0, 0.05) is 5.69 Å². The summed E-state index contributed by atoms with van der Waals surface area (Å²) in [5.74, 6) is -1.15. The molecule has 0 unspecified atom stereocenters. The summed E-state index contributed by atoms with van der Waals surface area (Å²) in [4.78, 5) is 27.8. The lowest BCUT2D eigenvalue weighted by molar-refractivity contribution is -0.153. The first-order chi connectivity index (χ1) is 12.5. The van der Waals surface area contributed by atoms with Gasteiger partial charge in [-0.3, -0.25) is 9.59 Å². The average Bonchev–Trinajstić information content (AvgIpc) is 3.28. The van der Waals surface area contributed by atoms with Gasteiger partial charge in [0.25, 0.3) is 0 Å². The number of carbonyl (C=O) groups is 2. The monoisotopic (exact) mass is 355 g/mol. The van der Waals surface area contributed by atoms with Crippen LogP contribution in [0.1, 0.15) is 26.3 Å². The smallest absolute Gasteiger partial charge is 0.312 e. The first kappa shape index (κ1) is 17.3. The van der Waals surface area contributed by atoms with Gasteiger partial charge in [-0.15, -0.1) is 0 Å². The Labute approximate surface area is 154 Å². The summed E-state index contributed by atoms with van der Waals surface area (Å²) in [6.07, 6.45) is 4.38. The minimum Gasteiger partial charge on any atom is -0.465 e. The Morgan fingerprint density at radius 3 is 2.88 bits per heavy atom. The topological polar surface area (TPSA) is 55.8 Å². The van der Waals surface area contributed by atoms with E-state index in [-0.39, 0.29) is 23.9 Å². The lowest BCUT2D eigenvalue weighted by Gasteiger charge is -2.23. The molecule has 0 aliphatic carbocycles. The molecule has 1 amide bonds. The van der Waals surface area contributed by atoms with E-state index in [0.29, 0.717) is 13.2 Å². The number of esters is 1. The number of para-hydroxylation sites is 1. The number of anilines is 1. The van der Waals surface area contributed by atoms with E-state index in [2.05, 4.69) is 6.92 Å². The molecule has 2 fully saturated rings. The van der Waals surface area contributed by atoms with E-state index in [4.69, 9.17) is 9.47 Å². The highest BCUT2D eigenvalue weighted by molar-refractivity contribution is 6.03. The molecule has 1 aromatic carbocycles. The van der Waals surface area contributed by atoms with Gasteiger partial charge in [-0.2, -0.15) is 0 Å². The molecule has 0 N–H and O–H groups in total. The van der Waals surface area contributed by atoms with Crippen molar-refractivity contribution in [1.29, 1.82) is 0 Å². The number of hydrogen-bond acceptors (Lipinski definition) is 4. The number of carbonyl (C=O) groups excluding carboxylic acids is 2. The maximum Gasteiger partial charge on any atom is 0.312 e. The third-order valence-electron chi connectivity index (χ3n) is 5.59. The zero-order valence-electron chi connectivity index (χ0n) is 15.5.